The van der Waals surface area contributed by atoms with E-state index in [0.717, 1.165) is 7.11 Å². The maximum absolute atomic E-state index is 11.4. The number of nitrogens with zero attached hydrogens (tertiary/aromatic N) is 4. The van der Waals surface area contributed by atoms with Crippen LogP contribution in [0, 0.1) is 0 Å². The second kappa shape index (κ2) is 5.54. The quantitative estimate of drug-likeness (QED) is 0.640. The lowest BCUT2D eigenvalue weighted by molar-refractivity contribution is -0.134. The summed E-state index contributed by atoms with van der Waals surface area (Å²) in [7, 11) is -3.26. The van der Waals surface area contributed by atoms with Gasteiger partial charge in [-0.1, -0.05) is 0 Å². The first kappa shape index (κ1) is 15.3. The van der Waals surface area contributed by atoms with Gasteiger partial charge in [0, 0.05) is 13.5 Å². The molecule has 2 aromatic heterocycles. The Bertz CT molecular complexity index is 738. The number of nitrogen functional groups attached to an aromatic ring is 1. The molecular formula is C10H14N5O6P. The molecule has 0 bridgehead atoms. The van der Waals surface area contributed by atoms with Gasteiger partial charge in [0.05, 0.1) is 6.33 Å². The summed E-state index contributed by atoms with van der Waals surface area (Å²) < 4.78 is 27.4. The summed E-state index contributed by atoms with van der Waals surface area (Å²) >= 11 is 0. The predicted molar refractivity (Wildman–Crippen MR) is 72.2 cm³/mol. The van der Waals surface area contributed by atoms with Crippen molar-refractivity contribution in [2.45, 2.75) is 25.0 Å². The molecule has 1 aliphatic heterocycles. The monoisotopic (exact) mass is 331 g/mol. The third-order valence-corrected chi connectivity index (χ3v) is 4.15. The molecule has 11 nitrogen and oxygen atoms in total. The molecule has 1 saturated heterocycles. The van der Waals surface area contributed by atoms with Gasteiger partial charge in [-0.3, -0.25) is 13.6 Å². The third kappa shape index (κ3) is 2.70. The van der Waals surface area contributed by atoms with Gasteiger partial charge in [0.1, 0.15) is 24.2 Å². The molecule has 1 fully saturated rings. The molecule has 0 amide bonds. The number of nitrogens with two attached hydrogens (primary N) is 1. The second-order valence-corrected chi connectivity index (χ2v) is 6.11. The van der Waals surface area contributed by atoms with E-state index in [1.165, 1.54) is 17.2 Å². The molecule has 3 heterocycles. The molecule has 0 aliphatic carbocycles. The summed E-state index contributed by atoms with van der Waals surface area (Å²) in [6.07, 6.45) is -0.276. The highest BCUT2D eigenvalue weighted by Crippen LogP contribution is 2.47. The fourth-order valence-corrected chi connectivity index (χ4v) is 2.69. The number of anilines is 1. The summed E-state index contributed by atoms with van der Waals surface area (Å²) in [4.78, 5) is 21.3. The first-order chi connectivity index (χ1) is 10.4. The van der Waals surface area contributed by atoms with E-state index in [1.807, 2.05) is 0 Å². The Kier molecular flexibility index (Phi) is 3.85. The highest BCUT2D eigenvalue weighted by atomic mass is 31.2. The molecule has 3 rings (SSSR count). The third-order valence-electron chi connectivity index (χ3n) is 3.21. The van der Waals surface area contributed by atoms with Crippen molar-refractivity contribution in [3.8, 4) is 0 Å². The fourth-order valence-electron chi connectivity index (χ4n) is 2.15. The summed E-state index contributed by atoms with van der Waals surface area (Å²) in [6, 6.07) is 0. The van der Waals surface area contributed by atoms with Crippen LogP contribution in [0.1, 0.15) is 12.6 Å². The average molecular weight is 331 g/mol. The number of fused-ring (bicyclic) bond motifs is 1. The minimum absolute atomic E-state index is 0.115. The van der Waals surface area contributed by atoms with Crippen LogP contribution in [0.5, 0.6) is 0 Å². The van der Waals surface area contributed by atoms with E-state index in [4.69, 9.17) is 15.0 Å². The molecule has 3 unspecified atom stereocenters. The van der Waals surface area contributed by atoms with Gasteiger partial charge in [-0.05, 0) is 0 Å². The van der Waals surface area contributed by atoms with Crippen molar-refractivity contribution in [3.63, 3.8) is 0 Å². The van der Waals surface area contributed by atoms with Crippen LogP contribution in [0.15, 0.2) is 12.7 Å². The second-order valence-electron chi connectivity index (χ2n) is 4.60. The Balaban J connectivity index is 1.84. The SMILES string of the molecule is COP(=O)(O)O[C@H]1OC(n2cnc3c(N)ncnc32)CC1O. The van der Waals surface area contributed by atoms with Crippen LogP contribution in [-0.4, -0.2) is 49.0 Å². The number of aromatic nitrogens is 4. The maximum atomic E-state index is 11.4. The van der Waals surface area contributed by atoms with E-state index >= 15 is 0 Å². The van der Waals surface area contributed by atoms with Gasteiger partial charge in [0.25, 0.3) is 0 Å². The standard InChI is InChI=1S/C10H14N5O6P/c1-19-22(17,18)21-10-5(16)2-6(20-10)15-4-14-7-8(11)12-3-13-9(7)15/h3-6,10,16H,2H2,1H3,(H,17,18)(H2,11,12,13)/t5?,6?,10-/m1/s1. The number of phosphoric acid groups is 1. The molecule has 22 heavy (non-hydrogen) atoms. The Morgan fingerprint density at radius 3 is 3.00 bits per heavy atom. The van der Waals surface area contributed by atoms with E-state index in [0.29, 0.717) is 11.2 Å². The van der Waals surface area contributed by atoms with Gasteiger partial charge in [-0.2, -0.15) is 0 Å². The number of imidazole rings is 1. The normalized spacial score (nSPS) is 28.0. The van der Waals surface area contributed by atoms with Gasteiger partial charge in [-0.15, -0.1) is 0 Å². The van der Waals surface area contributed by atoms with Gasteiger partial charge < -0.3 is 20.5 Å². The van der Waals surface area contributed by atoms with Crippen LogP contribution in [0.3, 0.4) is 0 Å². The van der Waals surface area contributed by atoms with Crippen molar-refractivity contribution >= 4 is 24.8 Å². The molecular weight excluding hydrogens is 317 g/mol. The number of aliphatic hydroxyl groups is 1. The van der Waals surface area contributed by atoms with Gasteiger partial charge in [-0.25, -0.2) is 19.5 Å². The van der Waals surface area contributed by atoms with Crippen molar-refractivity contribution in [3.05, 3.63) is 12.7 Å². The molecule has 0 spiro atoms. The van der Waals surface area contributed by atoms with E-state index in [9.17, 15) is 14.6 Å². The number of hydrogen-bond donors (Lipinski definition) is 3. The van der Waals surface area contributed by atoms with Crippen LogP contribution in [0.25, 0.3) is 11.2 Å². The van der Waals surface area contributed by atoms with Crippen LogP contribution in [-0.2, 0) is 18.3 Å². The van der Waals surface area contributed by atoms with Crippen molar-refractivity contribution < 1.29 is 28.3 Å². The highest BCUT2D eigenvalue weighted by Gasteiger charge is 2.41. The molecule has 4 N–H and O–H groups in total. The summed E-state index contributed by atoms with van der Waals surface area (Å²) in [5.74, 6) is 0.217. The average Bonchev–Trinajstić information content (AvgIpc) is 3.04. The molecule has 120 valence electrons. The van der Waals surface area contributed by atoms with Crippen LogP contribution >= 0.6 is 7.82 Å². The smallest absolute Gasteiger partial charge is 0.388 e. The van der Waals surface area contributed by atoms with E-state index < -0.39 is 26.4 Å². The minimum atomic E-state index is -4.27. The van der Waals surface area contributed by atoms with Crippen LogP contribution in [0.2, 0.25) is 0 Å². The lowest BCUT2D eigenvalue weighted by Gasteiger charge is -2.18. The Hall–Kier alpha value is -1.62. The largest absolute Gasteiger partial charge is 0.474 e. The van der Waals surface area contributed by atoms with Gasteiger partial charge >= 0.3 is 7.82 Å². The highest BCUT2D eigenvalue weighted by molar-refractivity contribution is 7.47. The van der Waals surface area contributed by atoms with Gasteiger partial charge in [0.15, 0.2) is 17.8 Å². The van der Waals surface area contributed by atoms with Crippen molar-refractivity contribution in [1.29, 1.82) is 0 Å². The number of rotatable bonds is 4. The van der Waals surface area contributed by atoms with E-state index in [2.05, 4.69) is 19.5 Å². The lowest BCUT2D eigenvalue weighted by Crippen LogP contribution is -2.23. The number of hydrogen-bond acceptors (Lipinski definition) is 9. The Morgan fingerprint density at radius 2 is 2.27 bits per heavy atom. The predicted octanol–water partition coefficient (Wildman–Crippen LogP) is -0.222. The summed E-state index contributed by atoms with van der Waals surface area (Å²) in [5.41, 5.74) is 6.51. The number of ether oxygens (including phenoxy) is 1. The van der Waals surface area contributed by atoms with E-state index in [-0.39, 0.29) is 12.2 Å². The molecule has 0 aromatic carbocycles. The first-order valence-corrected chi connectivity index (χ1v) is 7.74. The zero-order chi connectivity index (χ0) is 15.9. The van der Waals surface area contributed by atoms with Crippen molar-refractivity contribution in [1.82, 2.24) is 19.5 Å². The first-order valence-electron chi connectivity index (χ1n) is 6.25. The maximum Gasteiger partial charge on any atom is 0.474 e. The van der Waals surface area contributed by atoms with E-state index in [1.54, 1.807) is 0 Å². The Morgan fingerprint density at radius 1 is 1.50 bits per heavy atom. The molecule has 0 radical (unpaired) electrons. The van der Waals surface area contributed by atoms with Crippen LogP contribution in [0.4, 0.5) is 5.82 Å². The fraction of sp³-hybridized carbons (Fsp3) is 0.500. The van der Waals surface area contributed by atoms with Crippen molar-refractivity contribution in [2.24, 2.45) is 0 Å². The molecule has 12 heteroatoms. The number of aliphatic hydroxyl groups excluding tert-OH is 1. The molecule has 2 aromatic rings. The van der Waals surface area contributed by atoms with Gasteiger partial charge in [0.2, 0.25) is 0 Å². The topological polar surface area (TPSA) is 155 Å². The molecule has 0 saturated carbocycles. The zero-order valence-corrected chi connectivity index (χ0v) is 12.3. The number of phosphoric ester groups is 1. The summed E-state index contributed by atoms with van der Waals surface area (Å²) in [5, 5.41) is 9.91. The Labute approximate surface area is 124 Å². The summed E-state index contributed by atoms with van der Waals surface area (Å²) in [6.45, 7) is 0. The van der Waals surface area contributed by atoms with Crippen LogP contribution < -0.4 is 5.73 Å². The molecule has 1 aliphatic rings. The van der Waals surface area contributed by atoms with Crippen molar-refractivity contribution in [2.75, 3.05) is 12.8 Å². The zero-order valence-electron chi connectivity index (χ0n) is 11.4. The minimum Gasteiger partial charge on any atom is -0.388 e. The lowest BCUT2D eigenvalue weighted by atomic mass is 10.2. The molecule has 4 atom stereocenters.